The molecule has 15 heavy (non-hydrogen) atoms. The third-order valence-corrected chi connectivity index (χ3v) is 2.65. The van der Waals surface area contributed by atoms with Gasteiger partial charge in [0.25, 0.3) is 0 Å². The predicted octanol–water partition coefficient (Wildman–Crippen LogP) is 3.68. The Bertz CT molecular complexity index is 391. The number of nitrogens with zero attached hydrogens (tertiary/aromatic N) is 2. The second-order valence-electron chi connectivity index (χ2n) is 3.88. The number of aromatic nitrogens is 1. The van der Waals surface area contributed by atoms with Crippen molar-refractivity contribution in [2.45, 2.75) is 39.5 Å². The maximum Gasteiger partial charge on any atom is 0.147 e. The van der Waals surface area contributed by atoms with Crippen LogP contribution in [0.5, 0.6) is 0 Å². The van der Waals surface area contributed by atoms with Gasteiger partial charge in [0.2, 0.25) is 0 Å². The molecule has 0 radical (unpaired) electrons. The Morgan fingerprint density at radius 2 is 2.20 bits per heavy atom. The van der Waals surface area contributed by atoms with Crippen LogP contribution in [-0.4, -0.2) is 4.98 Å². The van der Waals surface area contributed by atoms with Gasteiger partial charge in [0.1, 0.15) is 11.2 Å². The van der Waals surface area contributed by atoms with Gasteiger partial charge in [0.15, 0.2) is 0 Å². The van der Waals surface area contributed by atoms with E-state index in [9.17, 15) is 0 Å². The molecule has 1 aromatic heterocycles. The highest BCUT2D eigenvalue weighted by atomic mass is 35.5. The smallest absolute Gasteiger partial charge is 0.147 e. The number of pyridine rings is 1. The Hall–Kier alpha value is -1.07. The van der Waals surface area contributed by atoms with E-state index in [0.29, 0.717) is 16.6 Å². The van der Waals surface area contributed by atoms with Crippen molar-refractivity contribution >= 4 is 11.6 Å². The Labute approximate surface area is 95.9 Å². The molecule has 0 saturated heterocycles. The molecule has 0 fully saturated rings. The minimum absolute atomic E-state index is 0.307. The van der Waals surface area contributed by atoms with Crippen LogP contribution in [0.15, 0.2) is 6.20 Å². The molecule has 0 N–H and O–H groups in total. The molecular weight excluding hydrogens is 208 g/mol. The molecule has 0 aliphatic carbocycles. The zero-order valence-electron chi connectivity index (χ0n) is 9.34. The molecule has 2 nitrogen and oxygen atoms in total. The van der Waals surface area contributed by atoms with Crippen LogP contribution in [0.2, 0.25) is 5.15 Å². The van der Waals surface area contributed by atoms with Gasteiger partial charge >= 0.3 is 0 Å². The van der Waals surface area contributed by atoms with E-state index in [1.165, 1.54) is 0 Å². The molecule has 0 atom stereocenters. The van der Waals surface area contributed by atoms with Crippen LogP contribution in [0.4, 0.5) is 0 Å². The van der Waals surface area contributed by atoms with E-state index >= 15 is 0 Å². The van der Waals surface area contributed by atoms with Crippen molar-refractivity contribution < 1.29 is 0 Å². The van der Waals surface area contributed by atoms with E-state index in [1.807, 2.05) is 0 Å². The molecule has 0 bridgehead atoms. The summed E-state index contributed by atoms with van der Waals surface area (Å²) >= 11 is 5.91. The zero-order chi connectivity index (χ0) is 11.4. The van der Waals surface area contributed by atoms with E-state index in [2.05, 4.69) is 31.8 Å². The average molecular weight is 223 g/mol. The van der Waals surface area contributed by atoms with Crippen molar-refractivity contribution in [3.05, 3.63) is 28.0 Å². The molecule has 80 valence electrons. The van der Waals surface area contributed by atoms with Crippen LogP contribution in [0.1, 0.15) is 49.8 Å². The Kier molecular flexibility index (Phi) is 4.11. The quantitative estimate of drug-likeness (QED) is 0.732. The lowest BCUT2D eigenvalue weighted by molar-refractivity contribution is 0.810. The molecule has 3 heteroatoms. The first kappa shape index (κ1) is 12.0. The van der Waals surface area contributed by atoms with Crippen LogP contribution < -0.4 is 0 Å². The number of aryl methyl sites for hydroxylation is 1. The lowest BCUT2D eigenvalue weighted by Crippen LogP contribution is -2.02. The fraction of sp³-hybridized carbons (Fsp3) is 0.500. The van der Waals surface area contributed by atoms with Gasteiger partial charge < -0.3 is 0 Å². The number of rotatable bonds is 3. The van der Waals surface area contributed by atoms with Crippen molar-refractivity contribution in [3.8, 4) is 6.07 Å². The van der Waals surface area contributed by atoms with E-state index in [1.54, 1.807) is 6.20 Å². The highest BCUT2D eigenvalue weighted by Crippen LogP contribution is 2.28. The Morgan fingerprint density at radius 3 is 2.67 bits per heavy atom. The number of hydrogen-bond donors (Lipinski definition) is 0. The van der Waals surface area contributed by atoms with Crippen LogP contribution in [0.3, 0.4) is 0 Å². The molecule has 1 rings (SSSR count). The Balaban J connectivity index is 3.37. The SMILES string of the molecule is CCCc1cnc(Cl)c(C#N)c1C(C)C. The maximum absolute atomic E-state index is 9.07. The molecule has 0 amide bonds. The fourth-order valence-corrected chi connectivity index (χ4v) is 1.97. The third-order valence-electron chi connectivity index (χ3n) is 2.36. The molecule has 0 aliphatic heterocycles. The first-order valence-corrected chi connectivity index (χ1v) is 5.57. The van der Waals surface area contributed by atoms with Gasteiger partial charge in [-0.2, -0.15) is 5.26 Å². The van der Waals surface area contributed by atoms with E-state index in [-0.39, 0.29) is 0 Å². The molecule has 0 unspecified atom stereocenters. The van der Waals surface area contributed by atoms with Gasteiger partial charge in [0, 0.05) is 6.20 Å². The summed E-state index contributed by atoms with van der Waals surface area (Å²) in [5.41, 5.74) is 2.74. The van der Waals surface area contributed by atoms with Crippen molar-refractivity contribution in [2.75, 3.05) is 0 Å². The summed E-state index contributed by atoms with van der Waals surface area (Å²) in [5, 5.41) is 9.39. The van der Waals surface area contributed by atoms with Crippen LogP contribution in [0.25, 0.3) is 0 Å². The van der Waals surface area contributed by atoms with Crippen molar-refractivity contribution in [1.82, 2.24) is 4.98 Å². The third kappa shape index (κ3) is 2.49. The second kappa shape index (κ2) is 5.14. The summed E-state index contributed by atoms with van der Waals surface area (Å²) in [6.45, 7) is 6.27. The number of hydrogen-bond acceptors (Lipinski definition) is 2. The largest absolute Gasteiger partial charge is 0.243 e. The van der Waals surface area contributed by atoms with Crippen molar-refractivity contribution in [3.63, 3.8) is 0 Å². The number of halogens is 1. The van der Waals surface area contributed by atoms with Gasteiger partial charge in [0.05, 0.1) is 5.56 Å². The van der Waals surface area contributed by atoms with Crippen LogP contribution >= 0.6 is 11.6 Å². The predicted molar refractivity (Wildman–Crippen MR) is 62.0 cm³/mol. The lowest BCUT2D eigenvalue weighted by atomic mass is 9.92. The molecule has 1 aromatic rings. The minimum atomic E-state index is 0.307. The standard InChI is InChI=1S/C12H15ClN2/c1-4-5-9-7-15-12(13)10(6-14)11(9)8(2)3/h7-8H,4-5H2,1-3H3. The van der Waals surface area contributed by atoms with Crippen molar-refractivity contribution in [2.24, 2.45) is 0 Å². The summed E-state index contributed by atoms with van der Waals surface area (Å²) in [5.74, 6) is 0.307. The van der Waals surface area contributed by atoms with E-state index in [4.69, 9.17) is 16.9 Å². The summed E-state index contributed by atoms with van der Waals surface area (Å²) in [4.78, 5) is 4.05. The van der Waals surface area contributed by atoms with Gasteiger partial charge in [-0.1, -0.05) is 38.8 Å². The average Bonchev–Trinajstić information content (AvgIpc) is 2.20. The molecular formula is C12H15ClN2. The van der Waals surface area contributed by atoms with Gasteiger partial charge in [-0.3, -0.25) is 0 Å². The van der Waals surface area contributed by atoms with E-state index < -0.39 is 0 Å². The number of nitriles is 1. The van der Waals surface area contributed by atoms with Crippen LogP contribution in [0, 0.1) is 11.3 Å². The zero-order valence-corrected chi connectivity index (χ0v) is 10.1. The van der Waals surface area contributed by atoms with E-state index in [0.717, 1.165) is 24.0 Å². The maximum atomic E-state index is 9.07. The molecule has 0 saturated carbocycles. The van der Waals surface area contributed by atoms with Gasteiger partial charge in [-0.25, -0.2) is 4.98 Å². The molecule has 0 spiro atoms. The monoisotopic (exact) mass is 222 g/mol. The Morgan fingerprint density at radius 1 is 1.53 bits per heavy atom. The molecule has 0 aromatic carbocycles. The van der Waals surface area contributed by atoms with Crippen molar-refractivity contribution in [1.29, 1.82) is 5.26 Å². The highest BCUT2D eigenvalue weighted by molar-refractivity contribution is 6.30. The fourth-order valence-electron chi connectivity index (χ4n) is 1.77. The first-order valence-electron chi connectivity index (χ1n) is 5.19. The summed E-state index contributed by atoms with van der Waals surface area (Å²) < 4.78 is 0. The van der Waals surface area contributed by atoms with Gasteiger partial charge in [-0.05, 0) is 23.5 Å². The second-order valence-corrected chi connectivity index (χ2v) is 4.24. The first-order chi connectivity index (χ1) is 7.11. The summed E-state index contributed by atoms with van der Waals surface area (Å²) in [7, 11) is 0. The molecule has 1 heterocycles. The minimum Gasteiger partial charge on any atom is -0.243 e. The van der Waals surface area contributed by atoms with Gasteiger partial charge in [-0.15, -0.1) is 0 Å². The lowest BCUT2D eigenvalue weighted by Gasteiger charge is -2.14. The summed E-state index contributed by atoms with van der Waals surface area (Å²) in [6.07, 6.45) is 3.79. The van der Waals surface area contributed by atoms with Crippen LogP contribution in [-0.2, 0) is 6.42 Å². The molecule has 0 aliphatic rings. The normalized spacial score (nSPS) is 10.4. The topological polar surface area (TPSA) is 36.7 Å². The summed E-state index contributed by atoms with van der Waals surface area (Å²) in [6, 6.07) is 2.15. The highest BCUT2D eigenvalue weighted by Gasteiger charge is 2.15.